The van der Waals surface area contributed by atoms with Gasteiger partial charge in [-0.05, 0) is 24.3 Å². The number of carbonyl (C=O) groups is 1. The molecule has 18 heavy (non-hydrogen) atoms. The summed E-state index contributed by atoms with van der Waals surface area (Å²) in [5.74, 6) is -0.168. The van der Waals surface area contributed by atoms with E-state index in [0.717, 1.165) is 18.4 Å². The molecule has 3 unspecified atom stereocenters. The van der Waals surface area contributed by atoms with Crippen LogP contribution in [-0.4, -0.2) is 17.1 Å². The molecule has 0 aliphatic heterocycles. The summed E-state index contributed by atoms with van der Waals surface area (Å²) in [4.78, 5) is 11.4. The molecule has 1 aromatic carbocycles. The van der Waals surface area contributed by atoms with E-state index in [1.165, 1.54) is 12.8 Å². The summed E-state index contributed by atoms with van der Waals surface area (Å²) >= 11 is 0. The highest BCUT2D eigenvalue weighted by Gasteiger charge is 2.30. The van der Waals surface area contributed by atoms with Crippen molar-refractivity contribution in [2.75, 3.05) is 0 Å². The molecule has 2 rings (SSSR count). The average Bonchev–Trinajstić information content (AvgIpc) is 2.83. The fourth-order valence-electron chi connectivity index (χ4n) is 2.91. The van der Waals surface area contributed by atoms with Crippen LogP contribution in [-0.2, 0) is 4.79 Å². The third-order valence-electron chi connectivity index (χ3n) is 3.94. The molecule has 1 aliphatic rings. The minimum Gasteiger partial charge on any atom is -0.480 e. The first-order valence-electron chi connectivity index (χ1n) is 6.76. The highest BCUT2D eigenvalue weighted by molar-refractivity contribution is 5.75. The van der Waals surface area contributed by atoms with Crippen LogP contribution in [0.15, 0.2) is 30.3 Å². The number of carboxylic acids is 1. The molecule has 0 spiro atoms. The van der Waals surface area contributed by atoms with Gasteiger partial charge in [-0.15, -0.1) is 0 Å². The molecule has 2 N–H and O–H groups in total. The molecular formula is C15H21NO2. The molecule has 0 bridgehead atoms. The zero-order valence-electron chi connectivity index (χ0n) is 10.8. The number of hydrogen-bond acceptors (Lipinski definition) is 2. The third-order valence-corrected chi connectivity index (χ3v) is 3.94. The van der Waals surface area contributed by atoms with Crippen LogP contribution in [0.25, 0.3) is 0 Å². The maximum atomic E-state index is 11.4. The minimum atomic E-state index is -0.789. The molecule has 1 saturated carbocycles. The predicted molar refractivity (Wildman–Crippen MR) is 71.4 cm³/mol. The lowest BCUT2D eigenvalue weighted by Crippen LogP contribution is -2.39. The summed E-state index contributed by atoms with van der Waals surface area (Å²) in [6, 6.07) is 9.20. The molecule has 0 saturated heterocycles. The van der Waals surface area contributed by atoms with Crippen molar-refractivity contribution in [2.45, 2.75) is 44.7 Å². The number of benzene rings is 1. The molecule has 0 aromatic heterocycles. The first-order chi connectivity index (χ1) is 8.72. The van der Waals surface area contributed by atoms with Gasteiger partial charge in [0, 0.05) is 6.04 Å². The maximum Gasteiger partial charge on any atom is 0.325 e. The zero-order chi connectivity index (χ0) is 13.0. The van der Waals surface area contributed by atoms with Gasteiger partial charge in [-0.3, -0.25) is 10.1 Å². The monoisotopic (exact) mass is 247 g/mol. The number of carboxylic acid groups (broad SMARTS) is 1. The van der Waals surface area contributed by atoms with E-state index in [0.29, 0.717) is 12.0 Å². The number of hydrogen-bond donors (Lipinski definition) is 2. The van der Waals surface area contributed by atoms with Crippen molar-refractivity contribution in [1.29, 1.82) is 0 Å². The topological polar surface area (TPSA) is 49.3 Å². The van der Waals surface area contributed by atoms with Gasteiger partial charge in [0.1, 0.15) is 6.04 Å². The Hall–Kier alpha value is -1.35. The van der Waals surface area contributed by atoms with E-state index in [-0.39, 0.29) is 0 Å². The van der Waals surface area contributed by atoms with Gasteiger partial charge in [0.2, 0.25) is 0 Å². The van der Waals surface area contributed by atoms with Crippen molar-refractivity contribution in [2.24, 2.45) is 5.92 Å². The molecule has 3 atom stereocenters. The van der Waals surface area contributed by atoms with E-state index in [1.807, 2.05) is 30.3 Å². The van der Waals surface area contributed by atoms with Crippen LogP contribution in [0.5, 0.6) is 0 Å². The Morgan fingerprint density at radius 3 is 2.72 bits per heavy atom. The predicted octanol–water partition coefficient (Wildman–Crippen LogP) is 2.98. The number of rotatable bonds is 5. The summed E-state index contributed by atoms with van der Waals surface area (Å²) in [6.45, 7) is 2.18. The van der Waals surface area contributed by atoms with Crippen molar-refractivity contribution in [1.82, 2.24) is 5.32 Å². The Balaban J connectivity index is 2.10. The minimum absolute atomic E-state index is 0.344. The van der Waals surface area contributed by atoms with Crippen LogP contribution >= 0.6 is 0 Å². The lowest BCUT2D eigenvalue weighted by molar-refractivity contribution is -0.140. The Bertz CT molecular complexity index is 391. The second kappa shape index (κ2) is 6.01. The van der Waals surface area contributed by atoms with Crippen molar-refractivity contribution in [3.63, 3.8) is 0 Å². The molecule has 3 heteroatoms. The van der Waals surface area contributed by atoms with Gasteiger partial charge in [0.25, 0.3) is 0 Å². The second-order valence-electron chi connectivity index (χ2n) is 5.05. The highest BCUT2D eigenvalue weighted by atomic mass is 16.4. The van der Waals surface area contributed by atoms with Crippen LogP contribution in [0.2, 0.25) is 0 Å². The van der Waals surface area contributed by atoms with Gasteiger partial charge in [-0.2, -0.15) is 0 Å². The SMILES string of the molecule is CCC1CCCC1NC(C(=O)O)c1ccccc1. The van der Waals surface area contributed by atoms with Gasteiger partial charge in [0.15, 0.2) is 0 Å². The first kappa shape index (κ1) is 13.1. The van der Waals surface area contributed by atoms with E-state index in [9.17, 15) is 9.90 Å². The molecule has 1 fully saturated rings. The molecule has 1 aliphatic carbocycles. The third kappa shape index (κ3) is 2.91. The summed E-state index contributed by atoms with van der Waals surface area (Å²) < 4.78 is 0. The summed E-state index contributed by atoms with van der Waals surface area (Å²) in [6.07, 6.45) is 4.64. The molecule has 1 aromatic rings. The normalized spacial score (nSPS) is 24.9. The molecule has 0 amide bonds. The molecule has 0 radical (unpaired) electrons. The van der Waals surface area contributed by atoms with Crippen molar-refractivity contribution >= 4 is 5.97 Å². The van der Waals surface area contributed by atoms with Gasteiger partial charge >= 0.3 is 5.97 Å². The Kier molecular flexibility index (Phi) is 4.37. The molecule has 98 valence electrons. The van der Waals surface area contributed by atoms with Crippen LogP contribution in [0.1, 0.15) is 44.2 Å². The maximum absolute atomic E-state index is 11.4. The standard InChI is InChI=1S/C15H21NO2/c1-2-11-9-6-10-13(11)16-14(15(17)18)12-7-4-3-5-8-12/h3-5,7-8,11,13-14,16H,2,6,9-10H2,1H3,(H,17,18). The Morgan fingerprint density at radius 1 is 1.39 bits per heavy atom. The van der Waals surface area contributed by atoms with E-state index in [4.69, 9.17) is 0 Å². The van der Waals surface area contributed by atoms with Crippen LogP contribution in [0.4, 0.5) is 0 Å². The smallest absolute Gasteiger partial charge is 0.325 e. The van der Waals surface area contributed by atoms with E-state index in [1.54, 1.807) is 0 Å². The Labute approximate surface area is 108 Å². The van der Waals surface area contributed by atoms with Gasteiger partial charge in [-0.1, -0.05) is 50.1 Å². The summed E-state index contributed by atoms with van der Waals surface area (Å²) in [5.41, 5.74) is 0.840. The highest BCUT2D eigenvalue weighted by Crippen LogP contribution is 2.30. The molecule has 3 nitrogen and oxygen atoms in total. The summed E-state index contributed by atoms with van der Waals surface area (Å²) in [7, 11) is 0. The lowest BCUT2D eigenvalue weighted by atomic mass is 9.98. The quantitative estimate of drug-likeness (QED) is 0.841. The van der Waals surface area contributed by atoms with Gasteiger partial charge in [0.05, 0.1) is 0 Å². The largest absolute Gasteiger partial charge is 0.480 e. The van der Waals surface area contributed by atoms with Gasteiger partial charge in [-0.25, -0.2) is 0 Å². The van der Waals surface area contributed by atoms with Crippen LogP contribution in [0, 0.1) is 5.92 Å². The molecular weight excluding hydrogens is 226 g/mol. The average molecular weight is 247 g/mol. The fraction of sp³-hybridized carbons (Fsp3) is 0.533. The van der Waals surface area contributed by atoms with Crippen molar-refractivity contribution < 1.29 is 9.90 Å². The second-order valence-corrected chi connectivity index (χ2v) is 5.05. The lowest BCUT2D eigenvalue weighted by Gasteiger charge is -2.24. The Morgan fingerprint density at radius 2 is 2.11 bits per heavy atom. The number of nitrogens with one attached hydrogen (secondary N) is 1. The van der Waals surface area contributed by atoms with Crippen LogP contribution < -0.4 is 5.32 Å². The summed E-state index contributed by atoms with van der Waals surface area (Å²) in [5, 5.41) is 12.7. The van der Waals surface area contributed by atoms with Crippen LogP contribution in [0.3, 0.4) is 0 Å². The number of aliphatic carboxylic acids is 1. The van der Waals surface area contributed by atoms with E-state index >= 15 is 0 Å². The first-order valence-corrected chi connectivity index (χ1v) is 6.76. The van der Waals surface area contributed by atoms with Gasteiger partial charge < -0.3 is 5.11 Å². The van der Waals surface area contributed by atoms with Crippen molar-refractivity contribution in [3.8, 4) is 0 Å². The van der Waals surface area contributed by atoms with Crippen molar-refractivity contribution in [3.05, 3.63) is 35.9 Å². The van der Waals surface area contributed by atoms with E-state index in [2.05, 4.69) is 12.2 Å². The zero-order valence-corrected chi connectivity index (χ0v) is 10.8. The van der Waals surface area contributed by atoms with E-state index < -0.39 is 12.0 Å². The fourth-order valence-corrected chi connectivity index (χ4v) is 2.91. The molecule has 0 heterocycles.